The number of amides is 1. The molecule has 0 fully saturated rings. The Hall–Kier alpha value is -2.82. The van der Waals surface area contributed by atoms with Crippen molar-refractivity contribution in [3.05, 3.63) is 60.2 Å². The zero-order valence-corrected chi connectivity index (χ0v) is 11.4. The van der Waals surface area contributed by atoms with Gasteiger partial charge in [-0.2, -0.15) is 0 Å². The lowest BCUT2D eigenvalue weighted by molar-refractivity contribution is -0.123. The first-order valence-corrected chi connectivity index (χ1v) is 6.42. The Morgan fingerprint density at radius 3 is 2.48 bits per heavy atom. The second-order valence-corrected chi connectivity index (χ2v) is 4.45. The predicted octanol–water partition coefficient (Wildman–Crippen LogP) is 2.58. The lowest BCUT2D eigenvalue weighted by Gasteiger charge is -2.13. The number of anilines is 1. The summed E-state index contributed by atoms with van der Waals surface area (Å²) in [6.07, 6.45) is -0.944. The highest BCUT2D eigenvalue weighted by Crippen LogP contribution is 2.13. The highest BCUT2D eigenvalue weighted by atomic mass is 16.5. The van der Waals surface area contributed by atoms with Crippen LogP contribution in [0.1, 0.15) is 17.3 Å². The van der Waals surface area contributed by atoms with Crippen LogP contribution in [-0.2, 0) is 9.53 Å². The molecule has 0 saturated carbocycles. The molecule has 0 aromatic heterocycles. The molecule has 1 amide bonds. The Balaban J connectivity index is 1.96. The van der Waals surface area contributed by atoms with Crippen LogP contribution in [0.4, 0.5) is 5.69 Å². The number of hydrogen-bond acceptors (Lipinski definition) is 4. The van der Waals surface area contributed by atoms with Crippen LogP contribution in [0, 0.1) is 0 Å². The van der Waals surface area contributed by atoms with Crippen molar-refractivity contribution in [3.63, 3.8) is 0 Å². The Labute approximate surface area is 122 Å². The standard InChI is InChI=1S/C16H15NO4/c1-11(15(19)17-13-7-3-2-4-8-13)21-16(20)12-6-5-9-14(18)10-12/h2-11,18H,1H3,(H,17,19)/t11-/m0/s1. The van der Waals surface area contributed by atoms with Gasteiger partial charge in [0.15, 0.2) is 6.10 Å². The fourth-order valence-electron chi connectivity index (χ4n) is 1.68. The average Bonchev–Trinajstić information content (AvgIpc) is 2.48. The first-order valence-electron chi connectivity index (χ1n) is 6.42. The minimum Gasteiger partial charge on any atom is -0.508 e. The molecule has 2 N–H and O–H groups in total. The number of rotatable bonds is 4. The van der Waals surface area contributed by atoms with Crippen LogP contribution < -0.4 is 5.32 Å². The summed E-state index contributed by atoms with van der Waals surface area (Å²) in [6.45, 7) is 1.49. The number of esters is 1. The van der Waals surface area contributed by atoms with E-state index in [0.717, 1.165) is 0 Å². The van der Waals surface area contributed by atoms with Crippen molar-refractivity contribution in [1.29, 1.82) is 0 Å². The van der Waals surface area contributed by atoms with Crippen LogP contribution >= 0.6 is 0 Å². The predicted molar refractivity (Wildman–Crippen MR) is 78.1 cm³/mol. The average molecular weight is 285 g/mol. The first kappa shape index (κ1) is 14.6. The third-order valence-corrected chi connectivity index (χ3v) is 2.78. The van der Waals surface area contributed by atoms with E-state index in [-0.39, 0.29) is 11.3 Å². The molecule has 0 unspecified atom stereocenters. The molecule has 2 aromatic rings. The molecule has 0 aliphatic rings. The Morgan fingerprint density at radius 2 is 1.81 bits per heavy atom. The zero-order valence-electron chi connectivity index (χ0n) is 11.4. The van der Waals surface area contributed by atoms with Crippen LogP contribution in [0.25, 0.3) is 0 Å². The molecular formula is C16H15NO4. The quantitative estimate of drug-likeness (QED) is 0.847. The van der Waals surface area contributed by atoms with E-state index in [1.807, 2.05) is 6.07 Å². The van der Waals surface area contributed by atoms with Gasteiger partial charge in [-0.15, -0.1) is 0 Å². The van der Waals surface area contributed by atoms with E-state index in [1.54, 1.807) is 24.3 Å². The number of para-hydroxylation sites is 1. The van der Waals surface area contributed by atoms with Gasteiger partial charge in [0.25, 0.3) is 5.91 Å². The van der Waals surface area contributed by atoms with E-state index in [4.69, 9.17) is 4.74 Å². The summed E-state index contributed by atoms with van der Waals surface area (Å²) in [5, 5.41) is 12.0. The lowest BCUT2D eigenvalue weighted by Crippen LogP contribution is -2.29. The fraction of sp³-hybridized carbons (Fsp3) is 0.125. The third kappa shape index (κ3) is 4.07. The van der Waals surface area contributed by atoms with Gasteiger partial charge in [0.05, 0.1) is 5.56 Å². The summed E-state index contributed by atoms with van der Waals surface area (Å²) < 4.78 is 5.06. The number of carbonyl (C=O) groups is 2. The van der Waals surface area contributed by atoms with Gasteiger partial charge in [0.2, 0.25) is 0 Å². The van der Waals surface area contributed by atoms with Gasteiger partial charge in [-0.25, -0.2) is 4.79 Å². The molecule has 0 heterocycles. The SMILES string of the molecule is C[C@H](OC(=O)c1cccc(O)c1)C(=O)Nc1ccccc1. The van der Waals surface area contributed by atoms with Crippen molar-refractivity contribution in [3.8, 4) is 5.75 Å². The molecular weight excluding hydrogens is 270 g/mol. The largest absolute Gasteiger partial charge is 0.508 e. The molecule has 2 aromatic carbocycles. The molecule has 2 rings (SSSR count). The van der Waals surface area contributed by atoms with Crippen LogP contribution in [0.15, 0.2) is 54.6 Å². The maximum atomic E-state index is 11.9. The summed E-state index contributed by atoms with van der Waals surface area (Å²) in [4.78, 5) is 23.8. The van der Waals surface area contributed by atoms with Gasteiger partial charge in [-0.3, -0.25) is 4.79 Å². The molecule has 21 heavy (non-hydrogen) atoms. The Morgan fingerprint density at radius 1 is 1.10 bits per heavy atom. The van der Waals surface area contributed by atoms with Crippen LogP contribution in [0.5, 0.6) is 5.75 Å². The monoisotopic (exact) mass is 285 g/mol. The van der Waals surface area contributed by atoms with Crippen LogP contribution in [0.3, 0.4) is 0 Å². The van der Waals surface area contributed by atoms with Crippen molar-refractivity contribution in [2.75, 3.05) is 5.32 Å². The van der Waals surface area contributed by atoms with Gasteiger partial charge < -0.3 is 15.2 Å². The summed E-state index contributed by atoms with van der Waals surface area (Å²) in [5.41, 5.74) is 0.817. The molecule has 5 heteroatoms. The van der Waals surface area contributed by atoms with Gasteiger partial charge in [-0.1, -0.05) is 24.3 Å². The number of aromatic hydroxyl groups is 1. The molecule has 0 radical (unpaired) electrons. The van der Waals surface area contributed by atoms with E-state index >= 15 is 0 Å². The van der Waals surface area contributed by atoms with Gasteiger partial charge in [0, 0.05) is 5.69 Å². The van der Waals surface area contributed by atoms with Crippen LogP contribution in [0.2, 0.25) is 0 Å². The van der Waals surface area contributed by atoms with Gasteiger partial charge >= 0.3 is 5.97 Å². The number of hydrogen-bond donors (Lipinski definition) is 2. The maximum absolute atomic E-state index is 11.9. The summed E-state index contributed by atoms with van der Waals surface area (Å²) in [5.74, 6) is -1.12. The number of phenols is 1. The summed E-state index contributed by atoms with van der Waals surface area (Å²) in [6, 6.07) is 14.7. The Kier molecular flexibility index (Phi) is 4.56. The molecule has 0 aliphatic heterocycles. The molecule has 0 bridgehead atoms. The first-order chi connectivity index (χ1) is 10.1. The van der Waals surface area contributed by atoms with Crippen molar-refractivity contribution in [1.82, 2.24) is 0 Å². The van der Waals surface area contributed by atoms with Crippen LogP contribution in [-0.4, -0.2) is 23.1 Å². The fourth-order valence-corrected chi connectivity index (χ4v) is 1.68. The lowest BCUT2D eigenvalue weighted by atomic mass is 10.2. The number of benzene rings is 2. The highest BCUT2D eigenvalue weighted by Gasteiger charge is 2.19. The van der Waals surface area contributed by atoms with Crippen molar-refractivity contribution in [2.45, 2.75) is 13.0 Å². The summed E-state index contributed by atoms with van der Waals surface area (Å²) in [7, 11) is 0. The van der Waals surface area contributed by atoms with E-state index in [0.29, 0.717) is 5.69 Å². The molecule has 0 saturated heterocycles. The van der Waals surface area contributed by atoms with Gasteiger partial charge in [0.1, 0.15) is 5.75 Å². The molecule has 108 valence electrons. The highest BCUT2D eigenvalue weighted by molar-refractivity contribution is 5.97. The molecule has 1 atom stereocenters. The zero-order chi connectivity index (χ0) is 15.2. The smallest absolute Gasteiger partial charge is 0.339 e. The second-order valence-electron chi connectivity index (χ2n) is 4.45. The number of phenolic OH excluding ortho intramolecular Hbond substituents is 1. The number of carbonyl (C=O) groups excluding carboxylic acids is 2. The van der Waals surface area contributed by atoms with E-state index in [9.17, 15) is 14.7 Å². The normalized spacial score (nSPS) is 11.5. The minimum atomic E-state index is -0.944. The number of nitrogens with one attached hydrogen (secondary N) is 1. The third-order valence-electron chi connectivity index (χ3n) is 2.78. The second kappa shape index (κ2) is 6.56. The van der Waals surface area contributed by atoms with E-state index < -0.39 is 18.0 Å². The summed E-state index contributed by atoms with van der Waals surface area (Å²) >= 11 is 0. The van der Waals surface area contributed by atoms with Crippen molar-refractivity contribution >= 4 is 17.6 Å². The van der Waals surface area contributed by atoms with Crippen molar-refractivity contribution < 1.29 is 19.4 Å². The Bertz CT molecular complexity index is 640. The number of ether oxygens (including phenoxy) is 1. The van der Waals surface area contributed by atoms with Gasteiger partial charge in [-0.05, 0) is 37.3 Å². The molecule has 0 spiro atoms. The molecule has 0 aliphatic carbocycles. The minimum absolute atomic E-state index is 0.0363. The van der Waals surface area contributed by atoms with E-state index in [2.05, 4.69) is 5.32 Å². The van der Waals surface area contributed by atoms with E-state index in [1.165, 1.54) is 31.2 Å². The maximum Gasteiger partial charge on any atom is 0.339 e. The molecule has 5 nitrogen and oxygen atoms in total. The van der Waals surface area contributed by atoms with Crippen molar-refractivity contribution in [2.24, 2.45) is 0 Å². The topological polar surface area (TPSA) is 75.6 Å².